The molecule has 0 heterocycles. The molecule has 0 saturated heterocycles. The maximum atomic E-state index is 13.8. The summed E-state index contributed by atoms with van der Waals surface area (Å²) in [6.07, 6.45) is 2.70. The van der Waals surface area contributed by atoms with Crippen molar-refractivity contribution in [3.63, 3.8) is 0 Å². The van der Waals surface area contributed by atoms with Gasteiger partial charge in [-0.05, 0) is 30.3 Å². The van der Waals surface area contributed by atoms with Crippen LogP contribution in [0.4, 0.5) is 10.1 Å². The van der Waals surface area contributed by atoms with Gasteiger partial charge in [-0.3, -0.25) is 14.4 Å². The third-order valence-electron chi connectivity index (χ3n) is 3.47. The summed E-state index contributed by atoms with van der Waals surface area (Å²) in [5.74, 6) is -2.64. The monoisotopic (exact) mass is 476 g/mol. The second-order valence-corrected chi connectivity index (χ2v) is 6.61. The molecule has 2 aromatic rings. The van der Waals surface area contributed by atoms with E-state index in [1.165, 1.54) is 24.4 Å². The van der Waals surface area contributed by atoms with Gasteiger partial charge in [0.15, 0.2) is 6.61 Å². The summed E-state index contributed by atoms with van der Waals surface area (Å²) in [5, 5.41) is 8.42. The molecule has 0 atom stereocenters. The van der Waals surface area contributed by atoms with E-state index in [0.717, 1.165) is 0 Å². The van der Waals surface area contributed by atoms with E-state index in [2.05, 4.69) is 43.7 Å². The highest BCUT2D eigenvalue weighted by Gasteiger charge is 2.11. The molecule has 0 fully saturated rings. The van der Waals surface area contributed by atoms with Gasteiger partial charge in [0.25, 0.3) is 5.91 Å². The van der Waals surface area contributed by atoms with Gasteiger partial charge in [-0.25, -0.2) is 9.82 Å². The lowest BCUT2D eigenvalue weighted by molar-refractivity contribution is -0.139. The van der Waals surface area contributed by atoms with Gasteiger partial charge in [0, 0.05) is 16.6 Å². The molecule has 0 spiro atoms. The van der Waals surface area contributed by atoms with E-state index in [9.17, 15) is 18.8 Å². The molecule has 0 aliphatic heterocycles. The number of amides is 3. The summed E-state index contributed by atoms with van der Waals surface area (Å²) >= 11 is 3.14. The average molecular weight is 477 g/mol. The van der Waals surface area contributed by atoms with Crippen molar-refractivity contribution in [1.82, 2.24) is 10.7 Å². The smallest absolute Gasteiger partial charge is 0.329 e. The summed E-state index contributed by atoms with van der Waals surface area (Å²) in [4.78, 5) is 35.1. The maximum Gasteiger partial charge on any atom is 0.329 e. The first kappa shape index (κ1) is 22.8. The van der Waals surface area contributed by atoms with Gasteiger partial charge < -0.3 is 15.4 Å². The molecule has 156 valence electrons. The molecule has 2 aromatic carbocycles. The van der Waals surface area contributed by atoms with E-state index in [-0.39, 0.29) is 18.8 Å². The minimum atomic E-state index is -0.942. The minimum absolute atomic E-state index is 0.0269. The van der Waals surface area contributed by atoms with Crippen LogP contribution in [0.3, 0.4) is 0 Å². The van der Waals surface area contributed by atoms with Crippen molar-refractivity contribution in [2.24, 2.45) is 5.10 Å². The van der Waals surface area contributed by atoms with Crippen LogP contribution in [0.1, 0.15) is 5.56 Å². The fraction of sp³-hybridized carbons (Fsp3) is 0.100. The van der Waals surface area contributed by atoms with Crippen molar-refractivity contribution in [1.29, 1.82) is 0 Å². The molecular weight excluding hydrogens is 459 g/mol. The summed E-state index contributed by atoms with van der Waals surface area (Å²) in [5.41, 5.74) is 2.56. The van der Waals surface area contributed by atoms with Crippen molar-refractivity contribution in [3.8, 4) is 5.75 Å². The molecule has 0 bridgehead atoms. The third-order valence-corrected chi connectivity index (χ3v) is 3.96. The Morgan fingerprint density at radius 1 is 1.17 bits per heavy atom. The first-order chi connectivity index (χ1) is 14.4. The number of hydrogen-bond acceptors (Lipinski definition) is 5. The van der Waals surface area contributed by atoms with E-state index in [1.807, 2.05) is 0 Å². The van der Waals surface area contributed by atoms with Gasteiger partial charge in [0.05, 0.1) is 11.9 Å². The van der Waals surface area contributed by atoms with Crippen LogP contribution in [-0.4, -0.2) is 37.1 Å². The first-order valence-electron chi connectivity index (χ1n) is 8.59. The molecule has 10 heteroatoms. The zero-order valence-corrected chi connectivity index (χ0v) is 17.2. The van der Waals surface area contributed by atoms with E-state index < -0.39 is 23.5 Å². The number of hydrogen-bond donors (Lipinski definition) is 3. The van der Waals surface area contributed by atoms with Crippen molar-refractivity contribution in [3.05, 3.63) is 71.0 Å². The second kappa shape index (κ2) is 11.5. The van der Waals surface area contributed by atoms with Crippen molar-refractivity contribution < 1.29 is 23.5 Å². The van der Waals surface area contributed by atoms with E-state index >= 15 is 0 Å². The zero-order valence-electron chi connectivity index (χ0n) is 15.7. The van der Waals surface area contributed by atoms with Crippen molar-refractivity contribution in [2.75, 3.05) is 18.5 Å². The van der Waals surface area contributed by atoms with Crippen molar-refractivity contribution >= 4 is 45.6 Å². The highest BCUT2D eigenvalue weighted by molar-refractivity contribution is 9.10. The fourth-order valence-electron chi connectivity index (χ4n) is 2.10. The number of carbonyl (C=O) groups is 3. The van der Waals surface area contributed by atoms with Gasteiger partial charge in [0.2, 0.25) is 0 Å². The molecule has 0 saturated carbocycles. The number of nitrogens with one attached hydrogen (secondary N) is 3. The fourth-order valence-corrected chi connectivity index (χ4v) is 2.43. The van der Waals surface area contributed by atoms with E-state index in [0.29, 0.717) is 15.8 Å². The minimum Gasteiger partial charge on any atom is -0.483 e. The Labute approximate surface area is 180 Å². The van der Waals surface area contributed by atoms with Crippen LogP contribution in [0.5, 0.6) is 5.75 Å². The quantitative estimate of drug-likeness (QED) is 0.235. The Kier molecular flexibility index (Phi) is 8.70. The Balaban J connectivity index is 1.93. The predicted molar refractivity (Wildman–Crippen MR) is 114 cm³/mol. The molecule has 0 aromatic heterocycles. The van der Waals surface area contributed by atoms with Gasteiger partial charge in [-0.15, -0.1) is 6.58 Å². The average Bonchev–Trinajstić information content (AvgIpc) is 2.73. The molecule has 0 radical (unpaired) electrons. The Bertz CT molecular complexity index is 981. The molecule has 2 rings (SSSR count). The number of hydrazone groups is 1. The van der Waals surface area contributed by atoms with Gasteiger partial charge >= 0.3 is 11.8 Å². The molecule has 3 N–H and O–H groups in total. The van der Waals surface area contributed by atoms with Crippen LogP contribution in [0.2, 0.25) is 0 Å². The molecule has 3 amide bonds. The van der Waals surface area contributed by atoms with Crippen LogP contribution in [0.25, 0.3) is 0 Å². The zero-order chi connectivity index (χ0) is 21.9. The third kappa shape index (κ3) is 7.13. The van der Waals surface area contributed by atoms with Crippen LogP contribution in [0, 0.1) is 5.82 Å². The lowest BCUT2D eigenvalue weighted by Crippen LogP contribution is -2.37. The van der Waals surface area contributed by atoms with Crippen LogP contribution < -0.4 is 20.8 Å². The Hall–Kier alpha value is -3.53. The number of para-hydroxylation sites is 1. The SMILES string of the molecule is C=CCNC(=O)C(=O)N/N=C\c1ccccc1OCC(=O)Nc1ccc(Br)cc1F. The molecule has 30 heavy (non-hydrogen) atoms. The van der Waals surface area contributed by atoms with Crippen LogP contribution in [-0.2, 0) is 14.4 Å². The highest BCUT2D eigenvalue weighted by atomic mass is 79.9. The molecule has 0 unspecified atom stereocenters. The Morgan fingerprint density at radius 2 is 1.93 bits per heavy atom. The normalized spacial score (nSPS) is 10.3. The highest BCUT2D eigenvalue weighted by Crippen LogP contribution is 2.20. The van der Waals surface area contributed by atoms with Gasteiger partial charge in [-0.2, -0.15) is 5.10 Å². The number of halogens is 2. The summed E-state index contributed by atoms with van der Waals surface area (Å²) < 4.78 is 19.8. The van der Waals surface area contributed by atoms with Gasteiger partial charge in [-0.1, -0.05) is 34.1 Å². The number of nitrogens with zero attached hydrogens (tertiary/aromatic N) is 1. The van der Waals surface area contributed by atoms with Crippen LogP contribution >= 0.6 is 15.9 Å². The van der Waals surface area contributed by atoms with E-state index in [4.69, 9.17) is 4.74 Å². The predicted octanol–water partition coefficient (Wildman–Crippen LogP) is 2.36. The number of anilines is 1. The standard InChI is InChI=1S/C20H18BrFN4O4/c1-2-9-23-19(28)20(29)26-24-11-13-5-3-4-6-17(13)30-12-18(27)25-16-8-7-14(21)10-15(16)22/h2-8,10-11H,1,9,12H2,(H,23,28)(H,25,27)(H,26,29)/b24-11-. The molecular formula is C20H18BrFN4O4. The lowest BCUT2D eigenvalue weighted by Gasteiger charge is -2.10. The van der Waals surface area contributed by atoms with Crippen molar-refractivity contribution in [2.45, 2.75) is 0 Å². The van der Waals surface area contributed by atoms with Crippen LogP contribution in [0.15, 0.2) is 64.7 Å². The maximum absolute atomic E-state index is 13.8. The number of rotatable bonds is 8. The number of carbonyl (C=O) groups excluding carboxylic acids is 3. The topological polar surface area (TPSA) is 109 Å². The molecule has 0 aliphatic rings. The Morgan fingerprint density at radius 3 is 2.67 bits per heavy atom. The number of benzene rings is 2. The first-order valence-corrected chi connectivity index (χ1v) is 9.39. The second-order valence-electron chi connectivity index (χ2n) is 5.70. The van der Waals surface area contributed by atoms with Gasteiger partial charge in [0.1, 0.15) is 11.6 Å². The largest absolute Gasteiger partial charge is 0.483 e. The lowest BCUT2D eigenvalue weighted by atomic mass is 10.2. The molecule has 0 aliphatic carbocycles. The summed E-state index contributed by atoms with van der Waals surface area (Å²) in [6, 6.07) is 10.9. The summed E-state index contributed by atoms with van der Waals surface area (Å²) in [6.45, 7) is 3.20. The molecule has 8 nitrogen and oxygen atoms in total. The summed E-state index contributed by atoms with van der Waals surface area (Å²) in [7, 11) is 0. The number of ether oxygens (including phenoxy) is 1. The van der Waals surface area contributed by atoms with E-state index in [1.54, 1.807) is 30.3 Å².